The third-order valence-electron chi connectivity index (χ3n) is 1.64. The first kappa shape index (κ1) is 6.92. The monoisotopic (exact) mass is 163 g/mol. The van der Waals surface area contributed by atoms with Gasteiger partial charge in [-0.3, -0.25) is 4.99 Å². The molecule has 1 aromatic rings. The molecule has 0 unspecified atom stereocenters. The molecule has 0 atom stereocenters. The average Bonchev–Trinajstić information content (AvgIpc) is 2.28. The van der Waals surface area contributed by atoms with Gasteiger partial charge in [0.25, 0.3) is 0 Å². The molecule has 1 aliphatic rings. The smallest absolute Gasteiger partial charge is 0.0652 e. The fourth-order valence-electron chi connectivity index (χ4n) is 1.10. The van der Waals surface area contributed by atoms with Crippen molar-refractivity contribution >= 4 is 17.2 Å². The predicted octanol–water partition coefficient (Wildman–Crippen LogP) is 0.791. The van der Waals surface area contributed by atoms with Crippen molar-refractivity contribution in [2.45, 2.75) is 0 Å². The van der Waals surface area contributed by atoms with Crippen LogP contribution < -0.4 is 10.6 Å². The van der Waals surface area contributed by atoms with E-state index in [1.165, 1.54) is 5.22 Å². The van der Waals surface area contributed by atoms with Gasteiger partial charge in [-0.1, -0.05) is 18.2 Å². The second-order valence-electron chi connectivity index (χ2n) is 2.43. The second kappa shape index (κ2) is 3.09. The Morgan fingerprint density at radius 1 is 1.27 bits per heavy atom. The van der Waals surface area contributed by atoms with Crippen LogP contribution in [0.5, 0.6) is 0 Å². The maximum absolute atomic E-state index is 4.43. The van der Waals surface area contributed by atoms with Crippen LogP contribution in [-0.4, -0.2) is 12.3 Å². The number of benzene rings is 1. The summed E-state index contributed by atoms with van der Waals surface area (Å²) in [6, 6.07) is 8.26. The number of nitrogens with zero attached hydrogens (tertiary/aromatic N) is 1. The topological polar surface area (TPSA) is 12.4 Å². The number of hydrogen-bond acceptors (Lipinski definition) is 2. The zero-order valence-electron chi connectivity index (χ0n) is 6.16. The highest BCUT2D eigenvalue weighted by atomic mass is 32.2. The fourth-order valence-corrected chi connectivity index (χ4v) is 1.79. The lowest BCUT2D eigenvalue weighted by atomic mass is 10.3. The highest BCUT2D eigenvalue weighted by molar-refractivity contribution is 8.06. The highest BCUT2D eigenvalue weighted by Crippen LogP contribution is 2.00. The molecule has 11 heavy (non-hydrogen) atoms. The van der Waals surface area contributed by atoms with E-state index in [0.29, 0.717) is 0 Å². The molecule has 0 aromatic heterocycles. The Morgan fingerprint density at radius 3 is 3.18 bits per heavy atom. The lowest BCUT2D eigenvalue weighted by Gasteiger charge is -1.84. The van der Waals surface area contributed by atoms with Gasteiger partial charge in [0.15, 0.2) is 0 Å². The van der Waals surface area contributed by atoms with Gasteiger partial charge in [-0.15, -0.1) is 11.8 Å². The molecule has 0 saturated carbocycles. The molecule has 1 heterocycles. The van der Waals surface area contributed by atoms with Gasteiger partial charge in [0, 0.05) is 17.5 Å². The van der Waals surface area contributed by atoms with E-state index in [1.54, 1.807) is 0 Å². The lowest BCUT2D eigenvalue weighted by molar-refractivity contribution is 1.07. The van der Waals surface area contributed by atoms with Gasteiger partial charge in [0.2, 0.25) is 0 Å². The number of rotatable bonds is 0. The van der Waals surface area contributed by atoms with E-state index < -0.39 is 0 Å². The zero-order chi connectivity index (χ0) is 7.52. The van der Waals surface area contributed by atoms with Crippen LogP contribution in [0, 0.1) is 0 Å². The molecule has 0 amide bonds. The standard InChI is InChI=1S/C9H9NS/c1-2-4-9-8(3-1)7-11-6-5-10-9/h1-4,7H,5-6H2. The molecular weight excluding hydrogens is 154 g/mol. The molecule has 1 aliphatic heterocycles. The first-order valence-electron chi connectivity index (χ1n) is 3.68. The Labute approximate surface area is 69.8 Å². The molecule has 2 rings (SSSR count). The van der Waals surface area contributed by atoms with Crippen molar-refractivity contribution in [2.24, 2.45) is 4.99 Å². The van der Waals surface area contributed by atoms with Gasteiger partial charge >= 0.3 is 0 Å². The largest absolute Gasteiger partial charge is 0.284 e. The molecule has 1 aromatic carbocycles. The number of thioether (sulfide) groups is 1. The van der Waals surface area contributed by atoms with Gasteiger partial charge in [-0.25, -0.2) is 0 Å². The summed E-state index contributed by atoms with van der Waals surface area (Å²) in [5.41, 5.74) is 0. The van der Waals surface area contributed by atoms with Gasteiger partial charge in [-0.05, 0) is 11.5 Å². The molecule has 0 saturated heterocycles. The van der Waals surface area contributed by atoms with Crippen LogP contribution in [0.25, 0.3) is 5.41 Å². The molecule has 0 bridgehead atoms. The van der Waals surface area contributed by atoms with Crippen LogP contribution in [0.2, 0.25) is 0 Å². The van der Waals surface area contributed by atoms with E-state index in [9.17, 15) is 0 Å². The van der Waals surface area contributed by atoms with Gasteiger partial charge in [0.05, 0.1) is 5.36 Å². The summed E-state index contributed by atoms with van der Waals surface area (Å²) in [6.45, 7) is 0.943. The Bertz CT molecular complexity index is 321. The van der Waals surface area contributed by atoms with Crippen LogP contribution in [0.4, 0.5) is 0 Å². The summed E-state index contributed by atoms with van der Waals surface area (Å²) in [6.07, 6.45) is 0. The average molecular weight is 163 g/mol. The third kappa shape index (κ3) is 1.46. The molecule has 0 N–H and O–H groups in total. The van der Waals surface area contributed by atoms with E-state index in [0.717, 1.165) is 17.7 Å². The quantitative estimate of drug-likeness (QED) is 0.551. The van der Waals surface area contributed by atoms with E-state index in [4.69, 9.17) is 0 Å². The predicted molar refractivity (Wildman–Crippen MR) is 49.0 cm³/mol. The van der Waals surface area contributed by atoms with Crippen molar-refractivity contribution in [3.63, 3.8) is 0 Å². The van der Waals surface area contributed by atoms with Crippen LogP contribution in [0.3, 0.4) is 0 Å². The zero-order valence-corrected chi connectivity index (χ0v) is 6.97. The van der Waals surface area contributed by atoms with Crippen molar-refractivity contribution in [3.8, 4) is 0 Å². The van der Waals surface area contributed by atoms with Crippen LogP contribution in [0.15, 0.2) is 29.3 Å². The fraction of sp³-hybridized carbons (Fsp3) is 0.222. The second-order valence-corrected chi connectivity index (χ2v) is 3.41. The Hall–Kier alpha value is -0.760. The summed E-state index contributed by atoms with van der Waals surface area (Å²) in [5, 5.41) is 4.58. The van der Waals surface area contributed by atoms with Crippen LogP contribution >= 0.6 is 11.8 Å². The molecule has 0 fully saturated rings. The van der Waals surface area contributed by atoms with Crippen molar-refractivity contribution in [3.05, 3.63) is 34.8 Å². The normalized spacial score (nSPS) is 15.6. The molecule has 0 aliphatic carbocycles. The molecule has 56 valence electrons. The maximum Gasteiger partial charge on any atom is 0.0652 e. The van der Waals surface area contributed by atoms with E-state index in [2.05, 4.69) is 28.6 Å². The third-order valence-corrected chi connectivity index (χ3v) is 2.48. The summed E-state index contributed by atoms with van der Waals surface area (Å²) < 4.78 is 0. The molecule has 1 nitrogen and oxygen atoms in total. The molecule has 0 spiro atoms. The van der Waals surface area contributed by atoms with Gasteiger partial charge in [0.1, 0.15) is 0 Å². The maximum atomic E-state index is 4.43. The van der Waals surface area contributed by atoms with Crippen molar-refractivity contribution in [1.29, 1.82) is 0 Å². The first-order valence-corrected chi connectivity index (χ1v) is 4.73. The minimum Gasteiger partial charge on any atom is -0.284 e. The Balaban J connectivity index is 2.73. The van der Waals surface area contributed by atoms with Crippen molar-refractivity contribution in [2.75, 3.05) is 12.3 Å². The van der Waals surface area contributed by atoms with Crippen LogP contribution in [-0.2, 0) is 0 Å². The minimum atomic E-state index is 0.943. The van der Waals surface area contributed by atoms with Crippen molar-refractivity contribution in [1.82, 2.24) is 0 Å². The van der Waals surface area contributed by atoms with E-state index >= 15 is 0 Å². The number of para-hydroxylation sites is 1. The van der Waals surface area contributed by atoms with Gasteiger partial charge < -0.3 is 0 Å². The SMILES string of the molecule is C1=c2ccccc2=NCCS1. The summed E-state index contributed by atoms with van der Waals surface area (Å²) in [5.74, 6) is 1.11. The number of hydrogen-bond donors (Lipinski definition) is 0. The molecular formula is C9H9NS. The van der Waals surface area contributed by atoms with Crippen molar-refractivity contribution < 1.29 is 0 Å². The minimum absolute atomic E-state index is 0.943. The lowest BCUT2D eigenvalue weighted by Crippen LogP contribution is -2.22. The summed E-state index contributed by atoms with van der Waals surface area (Å²) >= 11 is 1.84. The van der Waals surface area contributed by atoms with E-state index in [-0.39, 0.29) is 0 Å². The molecule has 0 radical (unpaired) electrons. The Kier molecular flexibility index (Phi) is 1.95. The van der Waals surface area contributed by atoms with Crippen LogP contribution in [0.1, 0.15) is 0 Å². The van der Waals surface area contributed by atoms with Gasteiger partial charge in [-0.2, -0.15) is 0 Å². The molecule has 2 heteroatoms. The van der Waals surface area contributed by atoms with E-state index in [1.807, 2.05) is 17.8 Å². The Morgan fingerprint density at radius 2 is 2.18 bits per heavy atom. The number of fused-ring (bicyclic) bond motifs is 1. The summed E-state index contributed by atoms with van der Waals surface area (Å²) in [4.78, 5) is 4.43. The highest BCUT2D eigenvalue weighted by Gasteiger charge is 1.91. The first-order chi connectivity index (χ1) is 5.47. The summed E-state index contributed by atoms with van der Waals surface area (Å²) in [7, 11) is 0.